The standard InChI is InChI=1S/C17H15NO2/c1-12-7-15-17(14(10-19)9-18-15)16(8-12)20-11-13-5-3-2-4-6-13/h2-10,18H,11H2,1H3. The van der Waals surface area contributed by atoms with Crippen LogP contribution in [0.3, 0.4) is 0 Å². The predicted molar refractivity (Wildman–Crippen MR) is 79.2 cm³/mol. The monoisotopic (exact) mass is 265 g/mol. The van der Waals surface area contributed by atoms with Gasteiger partial charge in [-0.15, -0.1) is 0 Å². The van der Waals surface area contributed by atoms with Gasteiger partial charge in [-0.25, -0.2) is 0 Å². The van der Waals surface area contributed by atoms with Crippen LogP contribution in [0.25, 0.3) is 10.9 Å². The Morgan fingerprint density at radius 2 is 2.00 bits per heavy atom. The quantitative estimate of drug-likeness (QED) is 0.728. The van der Waals surface area contributed by atoms with Crippen LogP contribution in [0.1, 0.15) is 21.5 Å². The Bertz CT molecular complexity index is 744. The van der Waals surface area contributed by atoms with Crippen molar-refractivity contribution in [1.82, 2.24) is 4.98 Å². The second-order valence-electron chi connectivity index (χ2n) is 4.82. The molecule has 3 nitrogen and oxygen atoms in total. The molecule has 3 aromatic rings. The number of aromatic amines is 1. The van der Waals surface area contributed by atoms with E-state index in [0.717, 1.165) is 34.1 Å². The molecule has 1 aromatic heterocycles. The number of carbonyl (C=O) groups is 1. The van der Waals surface area contributed by atoms with Crippen molar-refractivity contribution in [3.8, 4) is 5.75 Å². The Balaban J connectivity index is 1.97. The molecule has 0 spiro atoms. The number of rotatable bonds is 4. The van der Waals surface area contributed by atoms with Crippen LogP contribution < -0.4 is 4.74 Å². The summed E-state index contributed by atoms with van der Waals surface area (Å²) in [5.74, 6) is 0.743. The van der Waals surface area contributed by atoms with Gasteiger partial charge >= 0.3 is 0 Å². The molecule has 0 unspecified atom stereocenters. The normalized spacial score (nSPS) is 10.7. The van der Waals surface area contributed by atoms with E-state index in [1.807, 2.05) is 49.4 Å². The van der Waals surface area contributed by atoms with Gasteiger partial charge in [0.15, 0.2) is 6.29 Å². The molecular formula is C17H15NO2. The highest BCUT2D eigenvalue weighted by Gasteiger charge is 2.10. The third-order valence-corrected chi connectivity index (χ3v) is 3.28. The van der Waals surface area contributed by atoms with E-state index in [4.69, 9.17) is 4.74 Å². The van der Waals surface area contributed by atoms with Gasteiger partial charge in [-0.3, -0.25) is 4.79 Å². The molecule has 20 heavy (non-hydrogen) atoms. The minimum atomic E-state index is 0.489. The number of H-pyrrole nitrogens is 1. The number of aryl methyl sites for hydroxylation is 1. The van der Waals surface area contributed by atoms with E-state index in [9.17, 15) is 4.79 Å². The summed E-state index contributed by atoms with van der Waals surface area (Å²) in [5, 5.41) is 0.849. The molecule has 0 saturated carbocycles. The zero-order chi connectivity index (χ0) is 13.9. The van der Waals surface area contributed by atoms with Gasteiger partial charge in [0.25, 0.3) is 0 Å². The first-order chi connectivity index (χ1) is 9.78. The number of hydrogen-bond acceptors (Lipinski definition) is 2. The first-order valence-corrected chi connectivity index (χ1v) is 6.51. The number of carbonyl (C=O) groups excluding carboxylic acids is 1. The lowest BCUT2D eigenvalue weighted by atomic mass is 10.1. The van der Waals surface area contributed by atoms with E-state index in [1.165, 1.54) is 0 Å². The first kappa shape index (κ1) is 12.5. The van der Waals surface area contributed by atoms with Crippen molar-refractivity contribution in [2.75, 3.05) is 0 Å². The van der Waals surface area contributed by atoms with Crippen LogP contribution in [0.2, 0.25) is 0 Å². The number of nitrogens with one attached hydrogen (secondary N) is 1. The van der Waals surface area contributed by atoms with E-state index in [1.54, 1.807) is 6.20 Å². The van der Waals surface area contributed by atoms with Crippen molar-refractivity contribution < 1.29 is 9.53 Å². The Kier molecular flexibility index (Phi) is 3.25. The molecule has 0 atom stereocenters. The molecule has 0 radical (unpaired) electrons. The van der Waals surface area contributed by atoms with Crippen molar-refractivity contribution in [2.45, 2.75) is 13.5 Å². The maximum Gasteiger partial charge on any atom is 0.152 e. The lowest BCUT2D eigenvalue weighted by molar-refractivity contribution is 0.112. The highest BCUT2D eigenvalue weighted by Crippen LogP contribution is 2.30. The van der Waals surface area contributed by atoms with E-state index >= 15 is 0 Å². The van der Waals surface area contributed by atoms with Crippen molar-refractivity contribution >= 4 is 17.2 Å². The Hall–Kier alpha value is -2.55. The van der Waals surface area contributed by atoms with Gasteiger partial charge in [0, 0.05) is 11.8 Å². The highest BCUT2D eigenvalue weighted by molar-refractivity contribution is 6.01. The molecule has 1 N–H and O–H groups in total. The van der Waals surface area contributed by atoms with Crippen LogP contribution >= 0.6 is 0 Å². The van der Waals surface area contributed by atoms with Crippen molar-refractivity contribution in [1.29, 1.82) is 0 Å². The third-order valence-electron chi connectivity index (χ3n) is 3.28. The molecular weight excluding hydrogens is 250 g/mol. The fourth-order valence-electron chi connectivity index (χ4n) is 2.33. The fraction of sp³-hybridized carbons (Fsp3) is 0.118. The summed E-state index contributed by atoms with van der Waals surface area (Å²) in [5.41, 5.74) is 3.75. The Morgan fingerprint density at radius 1 is 1.20 bits per heavy atom. The zero-order valence-electron chi connectivity index (χ0n) is 11.2. The first-order valence-electron chi connectivity index (χ1n) is 6.51. The van der Waals surface area contributed by atoms with Crippen LogP contribution in [-0.2, 0) is 6.61 Å². The van der Waals surface area contributed by atoms with E-state index in [-0.39, 0.29) is 0 Å². The topological polar surface area (TPSA) is 42.1 Å². The number of aldehydes is 1. The SMILES string of the molecule is Cc1cc(OCc2ccccc2)c2c(C=O)c[nH]c2c1. The van der Waals surface area contributed by atoms with E-state index < -0.39 is 0 Å². The average Bonchev–Trinajstić information content (AvgIpc) is 2.88. The maximum absolute atomic E-state index is 11.1. The van der Waals surface area contributed by atoms with Crippen molar-refractivity contribution in [2.24, 2.45) is 0 Å². The van der Waals surface area contributed by atoms with Crippen LogP contribution in [0.4, 0.5) is 0 Å². The number of fused-ring (bicyclic) bond motifs is 1. The van der Waals surface area contributed by atoms with Gasteiger partial charge in [0.1, 0.15) is 12.4 Å². The molecule has 2 aromatic carbocycles. The van der Waals surface area contributed by atoms with Gasteiger partial charge in [-0.2, -0.15) is 0 Å². The third kappa shape index (κ3) is 2.30. The molecule has 1 heterocycles. The second kappa shape index (κ2) is 5.21. The average molecular weight is 265 g/mol. The van der Waals surface area contributed by atoms with Gasteiger partial charge in [0.05, 0.1) is 10.9 Å². The molecule has 0 aliphatic rings. The Labute approximate surface area is 117 Å². The molecule has 3 rings (SSSR count). The summed E-state index contributed by atoms with van der Waals surface area (Å²) >= 11 is 0. The zero-order valence-corrected chi connectivity index (χ0v) is 11.2. The van der Waals surface area contributed by atoms with Gasteiger partial charge < -0.3 is 9.72 Å². The van der Waals surface area contributed by atoms with Gasteiger partial charge in [-0.1, -0.05) is 30.3 Å². The molecule has 100 valence electrons. The summed E-state index contributed by atoms with van der Waals surface area (Å²) in [6.45, 7) is 2.50. The molecule has 0 bridgehead atoms. The molecule has 0 aliphatic carbocycles. The van der Waals surface area contributed by atoms with Crippen molar-refractivity contribution in [3.05, 3.63) is 65.4 Å². The summed E-state index contributed by atoms with van der Waals surface area (Å²) in [6.07, 6.45) is 2.57. The van der Waals surface area contributed by atoms with E-state index in [2.05, 4.69) is 4.98 Å². The minimum Gasteiger partial charge on any atom is -0.488 e. The number of hydrogen-bond donors (Lipinski definition) is 1. The summed E-state index contributed by atoms with van der Waals surface area (Å²) < 4.78 is 5.91. The lowest BCUT2D eigenvalue weighted by Gasteiger charge is -2.09. The number of ether oxygens (including phenoxy) is 1. The van der Waals surface area contributed by atoms with Gasteiger partial charge in [0.2, 0.25) is 0 Å². The summed E-state index contributed by atoms with van der Waals surface area (Å²) in [6, 6.07) is 14.0. The maximum atomic E-state index is 11.1. The molecule has 0 fully saturated rings. The fourth-order valence-corrected chi connectivity index (χ4v) is 2.33. The largest absolute Gasteiger partial charge is 0.488 e. The van der Waals surface area contributed by atoms with Gasteiger partial charge in [-0.05, 0) is 30.2 Å². The van der Waals surface area contributed by atoms with Crippen LogP contribution in [0.5, 0.6) is 5.75 Å². The van der Waals surface area contributed by atoms with E-state index in [0.29, 0.717) is 12.2 Å². The summed E-state index contributed by atoms with van der Waals surface area (Å²) in [4.78, 5) is 14.2. The van der Waals surface area contributed by atoms with Crippen molar-refractivity contribution in [3.63, 3.8) is 0 Å². The second-order valence-corrected chi connectivity index (χ2v) is 4.82. The molecule has 0 amide bonds. The summed E-state index contributed by atoms with van der Waals surface area (Å²) in [7, 11) is 0. The lowest BCUT2D eigenvalue weighted by Crippen LogP contribution is -1.96. The van der Waals surface area contributed by atoms with Crippen LogP contribution in [0.15, 0.2) is 48.7 Å². The van der Waals surface area contributed by atoms with Crippen LogP contribution in [0, 0.1) is 6.92 Å². The van der Waals surface area contributed by atoms with Crippen LogP contribution in [-0.4, -0.2) is 11.3 Å². The molecule has 0 saturated heterocycles. The molecule has 0 aliphatic heterocycles. The highest BCUT2D eigenvalue weighted by atomic mass is 16.5. The Morgan fingerprint density at radius 3 is 2.75 bits per heavy atom. The number of benzene rings is 2. The predicted octanol–water partition coefficient (Wildman–Crippen LogP) is 3.87. The number of aromatic nitrogens is 1. The minimum absolute atomic E-state index is 0.489. The smallest absolute Gasteiger partial charge is 0.152 e. The molecule has 3 heteroatoms.